The Morgan fingerprint density at radius 2 is 2.44 bits per heavy atom. The summed E-state index contributed by atoms with van der Waals surface area (Å²) >= 11 is 0. The molecule has 5 nitrogen and oxygen atoms in total. The molecule has 18 heavy (non-hydrogen) atoms. The Morgan fingerprint density at radius 3 is 3.11 bits per heavy atom. The van der Waals surface area contributed by atoms with Gasteiger partial charge < -0.3 is 14.6 Å². The van der Waals surface area contributed by atoms with Gasteiger partial charge in [0.25, 0.3) is 5.56 Å². The molecule has 1 saturated heterocycles. The molecule has 1 fully saturated rings. The number of pyridine rings is 1. The molecule has 1 aromatic heterocycles. The third kappa shape index (κ3) is 3.43. The monoisotopic (exact) mass is 250 g/mol. The quantitative estimate of drug-likeness (QED) is 0.844. The second kappa shape index (κ2) is 5.82. The Kier molecular flexibility index (Phi) is 4.15. The predicted molar refractivity (Wildman–Crippen MR) is 67.4 cm³/mol. The van der Waals surface area contributed by atoms with Crippen molar-refractivity contribution in [2.75, 3.05) is 13.2 Å². The molecule has 1 N–H and O–H groups in total. The van der Waals surface area contributed by atoms with E-state index in [2.05, 4.69) is 5.32 Å². The third-order valence-electron chi connectivity index (χ3n) is 3.02. The van der Waals surface area contributed by atoms with Crippen LogP contribution in [0.4, 0.5) is 0 Å². The van der Waals surface area contributed by atoms with Gasteiger partial charge in [0.15, 0.2) is 0 Å². The number of hydrogen-bond acceptors (Lipinski definition) is 3. The van der Waals surface area contributed by atoms with Crippen molar-refractivity contribution >= 4 is 5.91 Å². The lowest BCUT2D eigenvalue weighted by atomic mass is 10.2. The van der Waals surface area contributed by atoms with E-state index in [0.29, 0.717) is 6.54 Å². The van der Waals surface area contributed by atoms with Gasteiger partial charge in [0, 0.05) is 25.4 Å². The fraction of sp³-hybridized carbons (Fsp3) is 0.538. The fourth-order valence-corrected chi connectivity index (χ4v) is 1.98. The van der Waals surface area contributed by atoms with Crippen LogP contribution in [-0.4, -0.2) is 29.7 Å². The number of carbonyl (C=O) groups is 1. The Balaban J connectivity index is 1.84. The van der Waals surface area contributed by atoms with E-state index in [1.54, 1.807) is 6.20 Å². The van der Waals surface area contributed by atoms with Crippen LogP contribution >= 0.6 is 0 Å². The van der Waals surface area contributed by atoms with Crippen LogP contribution in [-0.2, 0) is 16.1 Å². The first-order valence-corrected chi connectivity index (χ1v) is 6.20. The van der Waals surface area contributed by atoms with Crippen LogP contribution in [0.15, 0.2) is 23.1 Å². The van der Waals surface area contributed by atoms with E-state index >= 15 is 0 Å². The summed E-state index contributed by atoms with van der Waals surface area (Å²) in [7, 11) is 0. The number of carbonyl (C=O) groups excluding carboxylic acids is 1. The molecule has 98 valence electrons. The first-order valence-electron chi connectivity index (χ1n) is 6.20. The molecule has 5 heteroatoms. The maximum atomic E-state index is 11.7. The van der Waals surface area contributed by atoms with Gasteiger partial charge >= 0.3 is 0 Å². The molecule has 0 aromatic carbocycles. The number of amides is 1. The van der Waals surface area contributed by atoms with E-state index in [1.807, 2.05) is 13.0 Å². The zero-order valence-corrected chi connectivity index (χ0v) is 10.5. The molecule has 1 amide bonds. The zero-order chi connectivity index (χ0) is 13.0. The highest BCUT2D eigenvalue weighted by Gasteiger charge is 2.16. The summed E-state index contributed by atoms with van der Waals surface area (Å²) in [6.07, 6.45) is 3.81. The Labute approximate surface area is 106 Å². The van der Waals surface area contributed by atoms with Gasteiger partial charge in [0.2, 0.25) is 5.91 Å². The molecular weight excluding hydrogens is 232 g/mol. The number of aromatic nitrogens is 1. The third-order valence-corrected chi connectivity index (χ3v) is 3.02. The zero-order valence-electron chi connectivity index (χ0n) is 10.5. The lowest BCUT2D eigenvalue weighted by Crippen LogP contribution is -2.36. The fourth-order valence-electron chi connectivity index (χ4n) is 1.98. The highest BCUT2D eigenvalue weighted by molar-refractivity contribution is 5.75. The standard InChI is InChI=1S/C13H18N2O3/c1-10-4-5-15(13(17)7-10)9-12(16)14-8-11-3-2-6-18-11/h4-5,7,11H,2-3,6,8-9H2,1H3,(H,14,16). The van der Waals surface area contributed by atoms with Crippen molar-refractivity contribution in [3.63, 3.8) is 0 Å². The topological polar surface area (TPSA) is 60.3 Å². The minimum atomic E-state index is -0.156. The average Bonchev–Trinajstić information content (AvgIpc) is 2.83. The summed E-state index contributed by atoms with van der Waals surface area (Å²) in [4.78, 5) is 23.3. The predicted octanol–water partition coefficient (Wildman–Crippen LogP) is 0.452. The maximum absolute atomic E-state index is 11.7. The van der Waals surface area contributed by atoms with Crippen LogP contribution in [0.1, 0.15) is 18.4 Å². The molecule has 0 aliphatic carbocycles. The normalized spacial score (nSPS) is 18.8. The van der Waals surface area contributed by atoms with Crippen LogP contribution in [0.2, 0.25) is 0 Å². The summed E-state index contributed by atoms with van der Waals surface area (Å²) in [6.45, 7) is 3.21. The van der Waals surface area contributed by atoms with Gasteiger partial charge in [0.1, 0.15) is 6.54 Å². The maximum Gasteiger partial charge on any atom is 0.251 e. The van der Waals surface area contributed by atoms with E-state index in [4.69, 9.17) is 4.74 Å². The number of nitrogens with zero attached hydrogens (tertiary/aromatic N) is 1. The van der Waals surface area contributed by atoms with E-state index in [0.717, 1.165) is 25.0 Å². The van der Waals surface area contributed by atoms with Crippen molar-refractivity contribution in [3.05, 3.63) is 34.2 Å². The summed E-state index contributed by atoms with van der Waals surface area (Å²) in [5.74, 6) is -0.156. The molecular formula is C13H18N2O3. The molecule has 1 unspecified atom stereocenters. The number of rotatable bonds is 4. The molecule has 1 atom stereocenters. The van der Waals surface area contributed by atoms with Gasteiger partial charge in [-0.3, -0.25) is 9.59 Å². The van der Waals surface area contributed by atoms with Crippen molar-refractivity contribution in [2.45, 2.75) is 32.4 Å². The summed E-state index contributed by atoms with van der Waals surface area (Å²) in [5.41, 5.74) is 0.748. The molecule has 0 bridgehead atoms. The van der Waals surface area contributed by atoms with Crippen LogP contribution < -0.4 is 10.9 Å². The van der Waals surface area contributed by atoms with Gasteiger partial charge in [-0.05, 0) is 31.4 Å². The van der Waals surface area contributed by atoms with E-state index in [-0.39, 0.29) is 24.1 Å². The van der Waals surface area contributed by atoms with Crippen molar-refractivity contribution < 1.29 is 9.53 Å². The largest absolute Gasteiger partial charge is 0.376 e. The van der Waals surface area contributed by atoms with Crippen molar-refractivity contribution in [3.8, 4) is 0 Å². The number of aryl methyl sites for hydroxylation is 1. The minimum Gasteiger partial charge on any atom is -0.376 e. The van der Waals surface area contributed by atoms with Gasteiger partial charge in [-0.25, -0.2) is 0 Å². The van der Waals surface area contributed by atoms with Crippen molar-refractivity contribution in [1.29, 1.82) is 0 Å². The molecule has 0 spiro atoms. The summed E-state index contributed by atoms with van der Waals surface area (Å²) in [6, 6.07) is 3.34. The van der Waals surface area contributed by atoms with Crippen LogP contribution in [0.5, 0.6) is 0 Å². The minimum absolute atomic E-state index is 0.0613. The second-order valence-electron chi connectivity index (χ2n) is 4.61. The summed E-state index contributed by atoms with van der Waals surface area (Å²) in [5, 5.41) is 2.79. The second-order valence-corrected chi connectivity index (χ2v) is 4.61. The lowest BCUT2D eigenvalue weighted by Gasteiger charge is -2.11. The molecule has 1 aliphatic heterocycles. The number of nitrogens with one attached hydrogen (secondary N) is 1. The van der Waals surface area contributed by atoms with Crippen molar-refractivity contribution in [1.82, 2.24) is 9.88 Å². The molecule has 2 rings (SSSR count). The Bertz CT molecular complexity index is 475. The van der Waals surface area contributed by atoms with Crippen LogP contribution in [0.25, 0.3) is 0 Å². The Morgan fingerprint density at radius 1 is 1.61 bits per heavy atom. The molecule has 2 heterocycles. The lowest BCUT2D eigenvalue weighted by molar-refractivity contribution is -0.122. The van der Waals surface area contributed by atoms with Gasteiger partial charge in [-0.1, -0.05) is 0 Å². The van der Waals surface area contributed by atoms with Crippen molar-refractivity contribution in [2.24, 2.45) is 0 Å². The average molecular weight is 250 g/mol. The SMILES string of the molecule is Cc1ccn(CC(=O)NCC2CCCO2)c(=O)c1. The number of ether oxygens (including phenoxy) is 1. The molecule has 0 saturated carbocycles. The Hall–Kier alpha value is -1.62. The highest BCUT2D eigenvalue weighted by atomic mass is 16.5. The first kappa shape index (κ1) is 12.8. The smallest absolute Gasteiger partial charge is 0.251 e. The molecule has 1 aromatic rings. The highest BCUT2D eigenvalue weighted by Crippen LogP contribution is 2.10. The molecule has 0 radical (unpaired) electrons. The van der Waals surface area contributed by atoms with E-state index in [1.165, 1.54) is 10.6 Å². The summed E-state index contributed by atoms with van der Waals surface area (Å²) < 4.78 is 6.81. The van der Waals surface area contributed by atoms with Crippen LogP contribution in [0.3, 0.4) is 0 Å². The van der Waals surface area contributed by atoms with E-state index < -0.39 is 0 Å². The first-order chi connectivity index (χ1) is 8.65. The number of hydrogen-bond donors (Lipinski definition) is 1. The van der Waals surface area contributed by atoms with Gasteiger partial charge in [-0.2, -0.15) is 0 Å². The van der Waals surface area contributed by atoms with Gasteiger partial charge in [-0.15, -0.1) is 0 Å². The molecule has 1 aliphatic rings. The van der Waals surface area contributed by atoms with Crippen LogP contribution in [0, 0.1) is 6.92 Å². The van der Waals surface area contributed by atoms with Gasteiger partial charge in [0.05, 0.1) is 6.10 Å². The van der Waals surface area contributed by atoms with E-state index in [9.17, 15) is 9.59 Å².